The first-order valence-corrected chi connectivity index (χ1v) is 6.31. The van der Waals surface area contributed by atoms with Gasteiger partial charge in [-0.1, -0.05) is 13.8 Å². The van der Waals surface area contributed by atoms with Crippen molar-refractivity contribution in [1.29, 1.82) is 0 Å². The van der Waals surface area contributed by atoms with Gasteiger partial charge in [-0.05, 0) is 20.3 Å². The molecule has 0 aromatic rings. The SMILES string of the molecule is CCNC(=O)C(C)N1CCC(NC(C)C)C1=O. The van der Waals surface area contributed by atoms with E-state index in [1.54, 1.807) is 11.8 Å². The molecule has 1 fully saturated rings. The van der Waals surface area contributed by atoms with Gasteiger partial charge in [0, 0.05) is 19.1 Å². The van der Waals surface area contributed by atoms with E-state index >= 15 is 0 Å². The van der Waals surface area contributed by atoms with Crippen LogP contribution < -0.4 is 10.6 Å². The molecule has 0 spiro atoms. The van der Waals surface area contributed by atoms with Crippen molar-refractivity contribution in [3.8, 4) is 0 Å². The van der Waals surface area contributed by atoms with Crippen LogP contribution in [0.5, 0.6) is 0 Å². The minimum absolute atomic E-state index is 0.0393. The van der Waals surface area contributed by atoms with Gasteiger partial charge >= 0.3 is 0 Å². The highest BCUT2D eigenvalue weighted by atomic mass is 16.2. The quantitative estimate of drug-likeness (QED) is 0.718. The number of amides is 2. The first-order chi connectivity index (χ1) is 7.97. The van der Waals surface area contributed by atoms with Gasteiger partial charge in [-0.2, -0.15) is 0 Å². The summed E-state index contributed by atoms with van der Waals surface area (Å²) in [5, 5.41) is 5.97. The van der Waals surface area contributed by atoms with Gasteiger partial charge in [0.15, 0.2) is 0 Å². The molecule has 0 aliphatic carbocycles. The molecule has 2 amide bonds. The Morgan fingerprint density at radius 2 is 2.12 bits per heavy atom. The standard InChI is InChI=1S/C12H23N3O2/c1-5-13-11(16)9(4)15-7-6-10(12(15)17)14-8(2)3/h8-10,14H,5-7H2,1-4H3,(H,13,16). The monoisotopic (exact) mass is 241 g/mol. The van der Waals surface area contributed by atoms with Crippen LogP contribution in [-0.2, 0) is 9.59 Å². The van der Waals surface area contributed by atoms with Crippen molar-refractivity contribution in [1.82, 2.24) is 15.5 Å². The van der Waals surface area contributed by atoms with Gasteiger partial charge in [0.05, 0.1) is 6.04 Å². The zero-order valence-corrected chi connectivity index (χ0v) is 11.1. The van der Waals surface area contributed by atoms with Crippen LogP contribution in [0.4, 0.5) is 0 Å². The molecule has 17 heavy (non-hydrogen) atoms. The highest BCUT2D eigenvalue weighted by molar-refractivity contribution is 5.90. The Labute approximate surface area is 103 Å². The van der Waals surface area contributed by atoms with Crippen LogP contribution in [0.15, 0.2) is 0 Å². The van der Waals surface area contributed by atoms with Crippen molar-refractivity contribution in [3.05, 3.63) is 0 Å². The molecular weight excluding hydrogens is 218 g/mol. The average Bonchev–Trinajstić information content (AvgIpc) is 2.59. The number of carbonyl (C=O) groups excluding carboxylic acids is 2. The van der Waals surface area contributed by atoms with Crippen molar-refractivity contribution < 1.29 is 9.59 Å². The van der Waals surface area contributed by atoms with Crippen LogP contribution in [0.2, 0.25) is 0 Å². The van der Waals surface area contributed by atoms with Crippen molar-refractivity contribution in [2.75, 3.05) is 13.1 Å². The Bertz CT molecular complexity index is 291. The Hall–Kier alpha value is -1.10. The average molecular weight is 241 g/mol. The molecule has 5 heteroatoms. The molecule has 0 radical (unpaired) electrons. The molecule has 0 bridgehead atoms. The van der Waals surface area contributed by atoms with E-state index in [1.165, 1.54) is 0 Å². The summed E-state index contributed by atoms with van der Waals surface area (Å²) in [5.74, 6) is -0.0384. The normalized spacial score (nSPS) is 22.1. The summed E-state index contributed by atoms with van der Waals surface area (Å²) in [6.07, 6.45) is 0.779. The Kier molecular flexibility index (Phi) is 4.93. The number of likely N-dealkylation sites (N-methyl/N-ethyl adjacent to an activating group) is 1. The highest BCUT2D eigenvalue weighted by Gasteiger charge is 2.36. The largest absolute Gasteiger partial charge is 0.355 e. The van der Waals surface area contributed by atoms with E-state index in [1.807, 2.05) is 20.8 Å². The van der Waals surface area contributed by atoms with Gasteiger partial charge in [-0.3, -0.25) is 9.59 Å². The van der Waals surface area contributed by atoms with Gasteiger partial charge < -0.3 is 15.5 Å². The molecule has 5 nitrogen and oxygen atoms in total. The smallest absolute Gasteiger partial charge is 0.242 e. The van der Waals surface area contributed by atoms with E-state index in [0.717, 1.165) is 6.42 Å². The minimum atomic E-state index is -0.374. The molecule has 2 N–H and O–H groups in total. The molecule has 1 rings (SSSR count). The van der Waals surface area contributed by atoms with Crippen molar-refractivity contribution in [3.63, 3.8) is 0 Å². The van der Waals surface area contributed by atoms with Crippen molar-refractivity contribution in [2.45, 2.75) is 52.2 Å². The van der Waals surface area contributed by atoms with E-state index in [0.29, 0.717) is 13.1 Å². The number of nitrogens with one attached hydrogen (secondary N) is 2. The van der Waals surface area contributed by atoms with Crippen LogP contribution >= 0.6 is 0 Å². The number of hydrogen-bond acceptors (Lipinski definition) is 3. The topological polar surface area (TPSA) is 61.4 Å². The Morgan fingerprint density at radius 3 is 2.65 bits per heavy atom. The lowest BCUT2D eigenvalue weighted by Gasteiger charge is -2.24. The second kappa shape index (κ2) is 6.00. The molecule has 98 valence electrons. The lowest BCUT2D eigenvalue weighted by atomic mass is 10.2. The fourth-order valence-corrected chi connectivity index (χ4v) is 2.11. The first kappa shape index (κ1) is 14.0. The lowest BCUT2D eigenvalue weighted by Crippen LogP contribution is -2.49. The number of nitrogens with zero attached hydrogens (tertiary/aromatic N) is 1. The maximum atomic E-state index is 12.1. The summed E-state index contributed by atoms with van der Waals surface area (Å²) in [4.78, 5) is 25.4. The Balaban J connectivity index is 2.57. The van der Waals surface area contributed by atoms with Gasteiger partial charge in [0.25, 0.3) is 0 Å². The summed E-state index contributed by atoms with van der Waals surface area (Å²) in [6.45, 7) is 8.94. The van der Waals surface area contributed by atoms with E-state index in [-0.39, 0.29) is 29.9 Å². The third kappa shape index (κ3) is 3.43. The molecular formula is C12H23N3O2. The molecule has 1 heterocycles. The maximum Gasteiger partial charge on any atom is 0.242 e. The van der Waals surface area contributed by atoms with Gasteiger partial charge in [-0.15, -0.1) is 0 Å². The molecule has 0 aromatic carbocycles. The summed E-state index contributed by atoms with van der Waals surface area (Å²) < 4.78 is 0. The summed E-state index contributed by atoms with van der Waals surface area (Å²) in [6, 6.07) is -0.225. The number of hydrogen-bond donors (Lipinski definition) is 2. The molecule has 2 atom stereocenters. The van der Waals surface area contributed by atoms with Crippen LogP contribution in [0, 0.1) is 0 Å². The minimum Gasteiger partial charge on any atom is -0.355 e. The summed E-state index contributed by atoms with van der Waals surface area (Å²) in [7, 11) is 0. The lowest BCUT2D eigenvalue weighted by molar-refractivity contribution is -0.137. The van der Waals surface area contributed by atoms with Crippen LogP contribution in [0.3, 0.4) is 0 Å². The van der Waals surface area contributed by atoms with E-state index < -0.39 is 0 Å². The predicted molar refractivity (Wildman–Crippen MR) is 66.5 cm³/mol. The zero-order chi connectivity index (χ0) is 13.0. The first-order valence-electron chi connectivity index (χ1n) is 6.31. The third-order valence-corrected chi connectivity index (χ3v) is 2.97. The molecule has 1 aliphatic rings. The van der Waals surface area contributed by atoms with Crippen molar-refractivity contribution >= 4 is 11.8 Å². The molecule has 2 unspecified atom stereocenters. The van der Waals surface area contributed by atoms with E-state index in [9.17, 15) is 9.59 Å². The van der Waals surface area contributed by atoms with E-state index in [2.05, 4.69) is 10.6 Å². The van der Waals surface area contributed by atoms with Crippen LogP contribution in [0.25, 0.3) is 0 Å². The van der Waals surface area contributed by atoms with Crippen molar-refractivity contribution in [2.24, 2.45) is 0 Å². The maximum absolute atomic E-state index is 12.1. The molecule has 0 saturated carbocycles. The van der Waals surface area contributed by atoms with Gasteiger partial charge in [-0.25, -0.2) is 0 Å². The fourth-order valence-electron chi connectivity index (χ4n) is 2.11. The summed E-state index contributed by atoms with van der Waals surface area (Å²) in [5.41, 5.74) is 0. The molecule has 1 aliphatic heterocycles. The zero-order valence-electron chi connectivity index (χ0n) is 11.1. The van der Waals surface area contributed by atoms with Gasteiger partial charge in [0.1, 0.15) is 6.04 Å². The second-order valence-electron chi connectivity index (χ2n) is 4.76. The number of likely N-dealkylation sites (tertiary alicyclic amines) is 1. The van der Waals surface area contributed by atoms with Crippen LogP contribution in [0.1, 0.15) is 34.1 Å². The third-order valence-electron chi connectivity index (χ3n) is 2.97. The van der Waals surface area contributed by atoms with E-state index in [4.69, 9.17) is 0 Å². The predicted octanol–water partition coefficient (Wildman–Crippen LogP) is 0.110. The molecule has 0 aromatic heterocycles. The second-order valence-corrected chi connectivity index (χ2v) is 4.76. The van der Waals surface area contributed by atoms with Gasteiger partial charge in [0.2, 0.25) is 11.8 Å². The molecule has 1 saturated heterocycles. The highest BCUT2D eigenvalue weighted by Crippen LogP contribution is 2.15. The summed E-state index contributed by atoms with van der Waals surface area (Å²) >= 11 is 0. The Morgan fingerprint density at radius 1 is 1.47 bits per heavy atom. The fraction of sp³-hybridized carbons (Fsp3) is 0.833. The number of rotatable bonds is 5. The van der Waals surface area contributed by atoms with Crippen LogP contribution in [-0.4, -0.2) is 47.9 Å². The number of carbonyl (C=O) groups is 2.